The number of carboxylic acid groups (broad SMARTS) is 1. The molecule has 0 spiro atoms. The summed E-state index contributed by atoms with van der Waals surface area (Å²) < 4.78 is 24.3. The van der Waals surface area contributed by atoms with E-state index in [1.54, 1.807) is 30.3 Å². The van der Waals surface area contributed by atoms with Gasteiger partial charge in [0.15, 0.2) is 0 Å². The highest BCUT2D eigenvalue weighted by molar-refractivity contribution is 7.89. The lowest BCUT2D eigenvalue weighted by Crippen LogP contribution is -2.41. The van der Waals surface area contributed by atoms with Crippen LogP contribution in [0.3, 0.4) is 0 Å². The number of hydrogen-bond acceptors (Lipinski definition) is 4. The fourth-order valence-electron chi connectivity index (χ4n) is 1.92. The zero-order chi connectivity index (χ0) is 17.6. The smallest absolute Gasteiger partial charge is 0.303 e. The van der Waals surface area contributed by atoms with Gasteiger partial charge in [0.25, 0.3) is 15.9 Å². The Morgan fingerprint density at radius 3 is 2.17 bits per heavy atom. The van der Waals surface area contributed by atoms with Gasteiger partial charge in [0.05, 0.1) is 4.90 Å². The molecule has 2 aromatic rings. The van der Waals surface area contributed by atoms with Gasteiger partial charge in [0, 0.05) is 12.0 Å². The Balaban J connectivity index is 1.99. The van der Waals surface area contributed by atoms with Gasteiger partial charge in [0.1, 0.15) is 0 Å². The highest BCUT2D eigenvalue weighted by atomic mass is 32.2. The Morgan fingerprint density at radius 2 is 1.58 bits per heavy atom. The summed E-state index contributed by atoms with van der Waals surface area (Å²) in [5.74, 6) is -1.49. The first-order chi connectivity index (χ1) is 11.4. The number of aliphatic carboxylic acids is 1. The Bertz CT molecular complexity index is 817. The predicted octanol–water partition coefficient (Wildman–Crippen LogP) is 1.33. The van der Waals surface area contributed by atoms with Crippen LogP contribution < -0.4 is 10.3 Å². The molecule has 8 heteroatoms. The third-order valence-corrected chi connectivity index (χ3v) is 4.46. The molecule has 0 aliphatic rings. The van der Waals surface area contributed by atoms with Gasteiger partial charge >= 0.3 is 5.97 Å². The molecule has 126 valence electrons. The van der Waals surface area contributed by atoms with E-state index in [4.69, 9.17) is 5.11 Å². The number of aryl methyl sites for hydroxylation is 1. The lowest BCUT2D eigenvalue weighted by atomic mass is 10.1. The summed E-state index contributed by atoms with van der Waals surface area (Å²) in [4.78, 5) is 24.3. The van der Waals surface area contributed by atoms with Crippen molar-refractivity contribution in [3.05, 3.63) is 65.7 Å². The summed E-state index contributed by atoms with van der Waals surface area (Å²) >= 11 is 0. The maximum Gasteiger partial charge on any atom is 0.303 e. The number of sulfonamides is 1. The second-order valence-corrected chi connectivity index (χ2v) is 6.65. The summed E-state index contributed by atoms with van der Waals surface area (Å²) in [5, 5.41) is 8.63. The number of nitrogens with one attached hydrogen (secondary N) is 2. The van der Waals surface area contributed by atoms with Gasteiger partial charge in [-0.1, -0.05) is 30.3 Å². The van der Waals surface area contributed by atoms with E-state index in [-0.39, 0.29) is 11.3 Å². The lowest BCUT2D eigenvalue weighted by Gasteiger charge is -2.09. The molecule has 0 atom stereocenters. The lowest BCUT2D eigenvalue weighted by molar-refractivity contribution is -0.136. The van der Waals surface area contributed by atoms with Crippen LogP contribution in [-0.4, -0.2) is 25.4 Å². The molecule has 7 nitrogen and oxygen atoms in total. The maximum atomic E-state index is 12.1. The molecule has 0 saturated carbocycles. The van der Waals surface area contributed by atoms with E-state index in [1.165, 1.54) is 24.3 Å². The second kappa shape index (κ2) is 7.71. The van der Waals surface area contributed by atoms with Crippen molar-refractivity contribution in [2.75, 3.05) is 0 Å². The summed E-state index contributed by atoms with van der Waals surface area (Å²) in [6.07, 6.45) is 0.283. The molecule has 1 amide bonds. The first-order valence-corrected chi connectivity index (χ1v) is 8.55. The van der Waals surface area contributed by atoms with E-state index >= 15 is 0 Å². The van der Waals surface area contributed by atoms with Gasteiger partial charge < -0.3 is 5.11 Å². The van der Waals surface area contributed by atoms with Crippen molar-refractivity contribution in [1.29, 1.82) is 0 Å². The number of carbonyl (C=O) groups is 2. The average Bonchev–Trinajstić information content (AvgIpc) is 2.59. The zero-order valence-electron chi connectivity index (χ0n) is 12.6. The minimum atomic E-state index is -3.91. The van der Waals surface area contributed by atoms with Crippen LogP contribution in [0.5, 0.6) is 0 Å². The van der Waals surface area contributed by atoms with Gasteiger partial charge in [-0.15, -0.1) is 4.83 Å². The van der Waals surface area contributed by atoms with E-state index in [2.05, 4.69) is 5.43 Å². The number of benzene rings is 2. The van der Waals surface area contributed by atoms with Crippen molar-refractivity contribution in [1.82, 2.24) is 10.3 Å². The number of rotatable bonds is 7. The molecule has 0 heterocycles. The molecule has 0 aromatic heterocycles. The summed E-state index contributed by atoms with van der Waals surface area (Å²) in [6.45, 7) is 0. The third-order valence-electron chi connectivity index (χ3n) is 3.20. The van der Waals surface area contributed by atoms with Gasteiger partial charge in [-0.05, 0) is 36.2 Å². The molecular weight excluding hydrogens is 332 g/mol. The predicted molar refractivity (Wildman–Crippen MR) is 86.6 cm³/mol. The molecule has 3 N–H and O–H groups in total. The summed E-state index contributed by atoms with van der Waals surface area (Å²) in [5.41, 5.74) is 3.17. The number of carbonyl (C=O) groups excluding carboxylic acids is 1. The molecule has 2 aromatic carbocycles. The first-order valence-electron chi connectivity index (χ1n) is 7.06. The van der Waals surface area contributed by atoms with Crippen molar-refractivity contribution < 1.29 is 23.1 Å². The minimum absolute atomic E-state index is 0.0303. The maximum absolute atomic E-state index is 12.1. The molecule has 2 rings (SSSR count). The molecule has 0 aliphatic carbocycles. The van der Waals surface area contributed by atoms with Crippen LogP contribution in [0.2, 0.25) is 0 Å². The standard InChI is InChI=1S/C16H16N2O5S/c19-15(20)11-8-12-6-9-14(10-7-12)24(22,23)18-17-16(21)13-4-2-1-3-5-13/h1-7,9-10,18H,8,11H2,(H,17,21)(H,19,20). The van der Waals surface area contributed by atoms with Crippen LogP contribution in [0.15, 0.2) is 59.5 Å². The number of carboxylic acids is 1. The Hall–Kier alpha value is -2.71. The highest BCUT2D eigenvalue weighted by Gasteiger charge is 2.15. The van der Waals surface area contributed by atoms with Gasteiger partial charge in [-0.3, -0.25) is 15.0 Å². The molecule has 0 aliphatic heterocycles. The molecular formula is C16H16N2O5S. The van der Waals surface area contributed by atoms with E-state index in [1.807, 2.05) is 4.83 Å². The minimum Gasteiger partial charge on any atom is -0.481 e. The van der Waals surface area contributed by atoms with Crippen molar-refractivity contribution in [3.8, 4) is 0 Å². The normalized spacial score (nSPS) is 11.0. The van der Waals surface area contributed by atoms with Crippen molar-refractivity contribution >= 4 is 21.9 Å². The molecule has 0 unspecified atom stereocenters. The van der Waals surface area contributed by atoms with Crippen LogP contribution in [-0.2, 0) is 21.2 Å². The monoisotopic (exact) mass is 348 g/mol. The highest BCUT2D eigenvalue weighted by Crippen LogP contribution is 2.11. The van der Waals surface area contributed by atoms with Crippen molar-refractivity contribution in [3.63, 3.8) is 0 Å². The van der Waals surface area contributed by atoms with Crippen LogP contribution in [0.4, 0.5) is 0 Å². The number of hydrazine groups is 1. The van der Waals surface area contributed by atoms with Crippen LogP contribution >= 0.6 is 0 Å². The van der Waals surface area contributed by atoms with Crippen LogP contribution in [0.1, 0.15) is 22.3 Å². The quantitative estimate of drug-likeness (QED) is 0.653. The summed E-state index contributed by atoms with van der Waals surface area (Å²) in [7, 11) is -3.91. The van der Waals surface area contributed by atoms with Crippen molar-refractivity contribution in [2.24, 2.45) is 0 Å². The Morgan fingerprint density at radius 1 is 0.958 bits per heavy atom. The van der Waals surface area contributed by atoms with E-state index in [0.29, 0.717) is 17.5 Å². The second-order valence-electron chi connectivity index (χ2n) is 4.96. The molecule has 0 saturated heterocycles. The third kappa shape index (κ3) is 4.90. The van der Waals surface area contributed by atoms with Gasteiger partial charge in [-0.2, -0.15) is 0 Å². The summed E-state index contributed by atoms with van der Waals surface area (Å²) in [6, 6.07) is 14.0. The number of amides is 1. The van der Waals surface area contributed by atoms with E-state index in [9.17, 15) is 18.0 Å². The van der Waals surface area contributed by atoms with Crippen LogP contribution in [0.25, 0.3) is 0 Å². The largest absolute Gasteiger partial charge is 0.481 e. The van der Waals surface area contributed by atoms with Crippen molar-refractivity contribution in [2.45, 2.75) is 17.7 Å². The number of hydrogen-bond donors (Lipinski definition) is 3. The zero-order valence-corrected chi connectivity index (χ0v) is 13.4. The van der Waals surface area contributed by atoms with Gasteiger partial charge in [-0.25, -0.2) is 8.42 Å². The first kappa shape index (κ1) is 17.6. The fourth-order valence-corrected chi connectivity index (χ4v) is 2.76. The Labute approximate surface area is 139 Å². The van der Waals surface area contributed by atoms with E-state index in [0.717, 1.165) is 0 Å². The topological polar surface area (TPSA) is 113 Å². The molecule has 0 fully saturated rings. The Kier molecular flexibility index (Phi) is 5.67. The fraction of sp³-hybridized carbons (Fsp3) is 0.125. The molecule has 24 heavy (non-hydrogen) atoms. The average molecular weight is 348 g/mol. The van der Waals surface area contributed by atoms with Crippen LogP contribution in [0, 0.1) is 0 Å². The van der Waals surface area contributed by atoms with E-state index < -0.39 is 21.9 Å². The molecule has 0 radical (unpaired) electrons. The molecule has 0 bridgehead atoms. The van der Waals surface area contributed by atoms with Gasteiger partial charge in [0.2, 0.25) is 0 Å². The SMILES string of the molecule is O=C(O)CCc1ccc(S(=O)(=O)NNC(=O)c2ccccc2)cc1.